The summed E-state index contributed by atoms with van der Waals surface area (Å²) in [6, 6.07) is 117. The topological polar surface area (TPSA) is 6.48 Å². The van der Waals surface area contributed by atoms with Crippen molar-refractivity contribution in [3.63, 3.8) is 0 Å². The molecular formula is C77H52N2. The Kier molecular flexibility index (Phi) is 11.1. The van der Waals surface area contributed by atoms with Gasteiger partial charge in [-0.15, -0.1) is 0 Å². The first kappa shape index (κ1) is 46.1. The zero-order chi connectivity index (χ0) is 52.3. The summed E-state index contributed by atoms with van der Waals surface area (Å²) >= 11 is 0. The lowest BCUT2D eigenvalue weighted by Gasteiger charge is -2.36. The first-order valence-corrected chi connectivity index (χ1v) is 27.3. The summed E-state index contributed by atoms with van der Waals surface area (Å²) < 4.78 is 0. The highest BCUT2D eigenvalue weighted by Crippen LogP contribution is 2.59. The van der Waals surface area contributed by atoms with Gasteiger partial charge in [-0.1, -0.05) is 231 Å². The van der Waals surface area contributed by atoms with Gasteiger partial charge in [-0.25, -0.2) is 0 Å². The van der Waals surface area contributed by atoms with Crippen LogP contribution in [0.5, 0.6) is 0 Å². The van der Waals surface area contributed by atoms with Crippen LogP contribution in [0.3, 0.4) is 0 Å². The van der Waals surface area contributed by atoms with Gasteiger partial charge < -0.3 is 9.80 Å². The van der Waals surface area contributed by atoms with Gasteiger partial charge >= 0.3 is 0 Å². The van der Waals surface area contributed by atoms with Crippen LogP contribution in [0, 0.1) is 0 Å². The van der Waals surface area contributed by atoms with Gasteiger partial charge in [0.25, 0.3) is 0 Å². The van der Waals surface area contributed by atoms with E-state index < -0.39 is 5.41 Å². The molecule has 0 atom stereocenters. The molecule has 0 heterocycles. The predicted molar refractivity (Wildman–Crippen MR) is 334 cm³/mol. The van der Waals surface area contributed by atoms with Crippen LogP contribution in [-0.4, -0.2) is 0 Å². The fourth-order valence-electron chi connectivity index (χ4n) is 13.0. The summed E-state index contributed by atoms with van der Waals surface area (Å²) in [5.41, 5.74) is 17.9. The molecule has 2 heteroatoms. The molecule has 0 aliphatic heterocycles. The van der Waals surface area contributed by atoms with Crippen molar-refractivity contribution in [3.05, 3.63) is 338 Å². The third-order valence-corrected chi connectivity index (χ3v) is 16.4. The third kappa shape index (κ3) is 7.64. The fourth-order valence-corrected chi connectivity index (χ4v) is 13.0. The Balaban J connectivity index is 1.03. The Morgan fingerprint density at radius 1 is 0.215 bits per heavy atom. The van der Waals surface area contributed by atoms with E-state index in [2.05, 4.69) is 325 Å². The number of hydrogen-bond donors (Lipinski definition) is 0. The minimum Gasteiger partial charge on any atom is -0.310 e. The van der Waals surface area contributed by atoms with Crippen molar-refractivity contribution in [2.24, 2.45) is 0 Å². The zero-order valence-corrected chi connectivity index (χ0v) is 43.4. The molecular weight excluding hydrogens is 953 g/mol. The van der Waals surface area contributed by atoms with Crippen LogP contribution in [0.25, 0.3) is 76.5 Å². The molecule has 0 unspecified atom stereocenters. The number of para-hydroxylation sites is 4. The highest BCUT2D eigenvalue weighted by atomic mass is 15.1. The Bertz CT molecular complexity index is 4090. The Morgan fingerprint density at radius 2 is 0.494 bits per heavy atom. The molecule has 79 heavy (non-hydrogen) atoms. The summed E-state index contributed by atoms with van der Waals surface area (Å²) in [5.74, 6) is 0. The van der Waals surface area contributed by atoms with Crippen LogP contribution in [-0.2, 0) is 5.41 Å². The van der Waals surface area contributed by atoms with Crippen molar-refractivity contribution in [1.82, 2.24) is 0 Å². The smallest absolute Gasteiger partial charge is 0.0715 e. The van der Waals surface area contributed by atoms with E-state index >= 15 is 0 Å². The number of benzene rings is 14. The first-order chi connectivity index (χ1) is 39.2. The monoisotopic (exact) mass is 1000 g/mol. The lowest BCUT2D eigenvalue weighted by Crippen LogP contribution is -2.29. The summed E-state index contributed by atoms with van der Waals surface area (Å²) in [5, 5.41) is 9.92. The molecule has 14 aromatic carbocycles. The predicted octanol–water partition coefficient (Wildman–Crippen LogP) is 20.9. The molecule has 0 aromatic heterocycles. The fraction of sp³-hybridized carbons (Fsp3) is 0.0130. The first-order valence-electron chi connectivity index (χ1n) is 27.3. The van der Waals surface area contributed by atoms with Gasteiger partial charge in [0.1, 0.15) is 0 Å². The molecule has 0 N–H and O–H groups in total. The average molecular weight is 1010 g/mol. The van der Waals surface area contributed by atoms with Gasteiger partial charge in [-0.05, 0) is 184 Å². The zero-order valence-electron chi connectivity index (χ0n) is 43.4. The standard InChI is InChI=1S/C77H52N2/c1-5-25-61(26-6-1)78(62-27-7-2-8-28-62)65-45-47-71-72-48-46-66(79(63-29-9-3-10-30-63)64-31-11-4-12-32-64)52-74(72)77(73(71)51-65,59-41-37-53(38-42-59)75-67-33-17-13-21-55(67)49-56-22-14-18-34-68(56)75)60-43-39-54(40-44-60)76-69-35-19-15-23-57(69)50-58-24-16-20-36-70(58)76/h1-52H. The second-order valence-electron chi connectivity index (χ2n) is 20.8. The minimum absolute atomic E-state index is 0.798. The molecule has 14 aromatic rings. The van der Waals surface area contributed by atoms with E-state index in [9.17, 15) is 0 Å². The van der Waals surface area contributed by atoms with Crippen LogP contribution < -0.4 is 9.80 Å². The van der Waals surface area contributed by atoms with Crippen molar-refractivity contribution in [1.29, 1.82) is 0 Å². The normalized spacial score (nSPS) is 12.4. The molecule has 0 saturated heterocycles. The van der Waals surface area contributed by atoms with Crippen molar-refractivity contribution >= 4 is 77.2 Å². The quantitative estimate of drug-likeness (QED) is 0.126. The van der Waals surface area contributed by atoms with Gasteiger partial charge in [-0.2, -0.15) is 0 Å². The molecule has 15 rings (SSSR count). The number of nitrogens with zero attached hydrogens (tertiary/aromatic N) is 2. The highest BCUT2D eigenvalue weighted by molar-refractivity contribution is 6.14. The second-order valence-corrected chi connectivity index (χ2v) is 20.8. The maximum atomic E-state index is 2.49. The van der Waals surface area contributed by atoms with Crippen LogP contribution in [0.1, 0.15) is 22.3 Å². The Hall–Kier alpha value is -10.3. The van der Waals surface area contributed by atoms with Crippen LogP contribution in [0.2, 0.25) is 0 Å². The summed E-state index contributed by atoms with van der Waals surface area (Å²) in [6.07, 6.45) is 0. The van der Waals surface area contributed by atoms with Crippen LogP contribution in [0.4, 0.5) is 34.1 Å². The van der Waals surface area contributed by atoms with Crippen molar-refractivity contribution in [3.8, 4) is 33.4 Å². The number of anilines is 6. The summed E-state index contributed by atoms with van der Waals surface area (Å²) in [7, 11) is 0. The molecule has 0 amide bonds. The molecule has 0 spiro atoms. The number of fused-ring (bicyclic) bond motifs is 7. The average Bonchev–Trinajstić information content (AvgIpc) is 3.81. The van der Waals surface area contributed by atoms with Gasteiger partial charge in [0.15, 0.2) is 0 Å². The van der Waals surface area contributed by atoms with Gasteiger partial charge in [-0.3, -0.25) is 0 Å². The molecule has 2 nitrogen and oxygen atoms in total. The SMILES string of the molecule is c1ccc(N(c2ccccc2)c2ccc3c(c2)C(c2ccc(-c4c5ccccc5cc5ccccc45)cc2)(c2ccc(-c4c5ccccc5cc5ccccc45)cc2)c2cc(N(c4ccccc4)c4ccccc4)ccc2-3)cc1. The minimum atomic E-state index is -0.798. The number of hydrogen-bond acceptors (Lipinski definition) is 2. The molecule has 0 fully saturated rings. The van der Waals surface area contributed by atoms with Crippen LogP contribution in [0.15, 0.2) is 315 Å². The maximum absolute atomic E-state index is 2.49. The van der Waals surface area contributed by atoms with E-state index in [-0.39, 0.29) is 0 Å². The molecule has 0 bridgehead atoms. The van der Waals surface area contributed by atoms with Gasteiger partial charge in [0.2, 0.25) is 0 Å². The van der Waals surface area contributed by atoms with Crippen molar-refractivity contribution < 1.29 is 0 Å². The van der Waals surface area contributed by atoms with E-state index in [0.29, 0.717) is 0 Å². The maximum Gasteiger partial charge on any atom is 0.0715 e. The van der Waals surface area contributed by atoms with E-state index in [0.717, 1.165) is 34.1 Å². The molecule has 1 aliphatic carbocycles. The van der Waals surface area contributed by atoms with Crippen molar-refractivity contribution in [2.45, 2.75) is 5.41 Å². The molecule has 0 radical (unpaired) electrons. The van der Waals surface area contributed by atoms with Crippen LogP contribution >= 0.6 is 0 Å². The highest BCUT2D eigenvalue weighted by Gasteiger charge is 2.47. The van der Waals surface area contributed by atoms with E-state index in [1.54, 1.807) is 0 Å². The number of rotatable bonds is 10. The van der Waals surface area contributed by atoms with E-state index in [1.807, 2.05) is 0 Å². The second kappa shape index (κ2) is 19.1. The molecule has 0 saturated carbocycles. The molecule has 370 valence electrons. The largest absolute Gasteiger partial charge is 0.310 e. The Morgan fingerprint density at radius 3 is 0.797 bits per heavy atom. The molecule has 1 aliphatic rings. The third-order valence-electron chi connectivity index (χ3n) is 16.4. The summed E-state index contributed by atoms with van der Waals surface area (Å²) in [6.45, 7) is 0. The lowest BCUT2D eigenvalue weighted by atomic mass is 9.67. The van der Waals surface area contributed by atoms with Crippen molar-refractivity contribution in [2.75, 3.05) is 9.80 Å². The van der Waals surface area contributed by atoms with E-state index in [1.165, 1.54) is 98.7 Å². The summed E-state index contributed by atoms with van der Waals surface area (Å²) in [4.78, 5) is 4.80. The van der Waals surface area contributed by atoms with E-state index in [4.69, 9.17) is 0 Å². The Labute approximate surface area is 461 Å². The van der Waals surface area contributed by atoms with Gasteiger partial charge in [0.05, 0.1) is 5.41 Å². The van der Waals surface area contributed by atoms with Gasteiger partial charge in [0, 0.05) is 34.1 Å². The lowest BCUT2D eigenvalue weighted by molar-refractivity contribution is 0.768.